The molecule has 4 nitrogen and oxygen atoms in total. The number of aromatic nitrogens is 1. The molecule has 1 aliphatic rings. The number of benzene rings is 1. The maximum absolute atomic E-state index is 12.0. The number of carbonyl (C=O) groups is 1. The summed E-state index contributed by atoms with van der Waals surface area (Å²) < 4.78 is 0. The molecular weight excluding hydrogens is 306 g/mol. The molecule has 6 heteroatoms. The smallest absolute Gasteiger partial charge is 0.264 e. The number of pyridine rings is 1. The first-order chi connectivity index (χ1) is 10.2. The van der Waals surface area contributed by atoms with Crippen molar-refractivity contribution >= 4 is 46.2 Å². The lowest BCUT2D eigenvalue weighted by atomic mass is 10.2. The van der Waals surface area contributed by atoms with Gasteiger partial charge in [-0.1, -0.05) is 29.8 Å². The van der Waals surface area contributed by atoms with Gasteiger partial charge in [0.15, 0.2) is 5.17 Å². The predicted molar refractivity (Wildman–Crippen MR) is 86.5 cm³/mol. The van der Waals surface area contributed by atoms with Crippen LogP contribution < -0.4 is 5.32 Å². The molecule has 1 N–H and O–H groups in total. The van der Waals surface area contributed by atoms with Crippen LogP contribution in [-0.4, -0.2) is 16.1 Å². The largest absolute Gasteiger partial charge is 0.300 e. The third-order valence-corrected chi connectivity index (χ3v) is 3.97. The van der Waals surface area contributed by atoms with Crippen LogP contribution in [0, 0.1) is 0 Å². The zero-order valence-electron chi connectivity index (χ0n) is 10.8. The molecule has 0 atom stereocenters. The van der Waals surface area contributed by atoms with Gasteiger partial charge in [0, 0.05) is 11.2 Å². The van der Waals surface area contributed by atoms with Crippen LogP contribution in [0.4, 0.5) is 5.69 Å². The van der Waals surface area contributed by atoms with Crippen LogP contribution in [-0.2, 0) is 4.79 Å². The number of nitrogens with one attached hydrogen (secondary N) is 1. The molecular formula is C15H10ClN3OS. The standard InChI is InChI=1S/C15H10ClN3OS/c16-12-6-2-1-4-10(12)8-13-14(20)19-15(21-13)18-11-5-3-7-17-9-11/h1-9H,(H,18,19,20)/b13-8-. The predicted octanol–water partition coefficient (Wildman–Crippen LogP) is 3.63. The SMILES string of the molecule is O=C1NC(=Nc2cccnc2)S/C1=C\c1ccccc1Cl. The highest BCUT2D eigenvalue weighted by Gasteiger charge is 2.23. The highest BCUT2D eigenvalue weighted by Crippen LogP contribution is 2.29. The Labute approximate surface area is 131 Å². The summed E-state index contributed by atoms with van der Waals surface area (Å²) in [6.45, 7) is 0. The van der Waals surface area contributed by atoms with Gasteiger partial charge in [-0.05, 0) is 41.6 Å². The second-order valence-corrected chi connectivity index (χ2v) is 5.65. The first kappa shape index (κ1) is 13.9. The number of amidine groups is 1. The normalized spacial score (nSPS) is 18.2. The fourth-order valence-electron chi connectivity index (χ4n) is 1.75. The van der Waals surface area contributed by atoms with Crippen LogP contribution in [0.3, 0.4) is 0 Å². The van der Waals surface area contributed by atoms with Crippen molar-refractivity contribution in [1.82, 2.24) is 10.3 Å². The summed E-state index contributed by atoms with van der Waals surface area (Å²) in [5.41, 5.74) is 1.50. The van der Waals surface area contributed by atoms with Crippen LogP contribution in [0.2, 0.25) is 5.02 Å². The van der Waals surface area contributed by atoms with E-state index < -0.39 is 0 Å². The number of nitrogens with zero attached hydrogens (tertiary/aromatic N) is 2. The third-order valence-electron chi connectivity index (χ3n) is 2.72. The second-order valence-electron chi connectivity index (χ2n) is 4.21. The Morgan fingerprint density at radius 2 is 2.10 bits per heavy atom. The lowest BCUT2D eigenvalue weighted by Gasteiger charge is -1.97. The Balaban J connectivity index is 1.86. The molecule has 1 fully saturated rings. The number of rotatable bonds is 2. The lowest BCUT2D eigenvalue weighted by Crippen LogP contribution is -2.19. The van der Waals surface area contributed by atoms with Crippen molar-refractivity contribution in [2.75, 3.05) is 0 Å². The van der Waals surface area contributed by atoms with E-state index >= 15 is 0 Å². The minimum Gasteiger partial charge on any atom is -0.300 e. The van der Waals surface area contributed by atoms with Crippen LogP contribution in [0.1, 0.15) is 5.56 Å². The van der Waals surface area contributed by atoms with Gasteiger partial charge in [-0.3, -0.25) is 9.78 Å². The molecule has 0 unspecified atom stereocenters. The molecule has 0 spiro atoms. The van der Waals surface area contributed by atoms with Gasteiger partial charge in [0.25, 0.3) is 5.91 Å². The van der Waals surface area contributed by atoms with Crippen molar-refractivity contribution in [3.05, 3.63) is 64.3 Å². The molecule has 104 valence electrons. The van der Waals surface area contributed by atoms with Gasteiger partial charge in [-0.25, -0.2) is 4.99 Å². The molecule has 1 aromatic carbocycles. The van der Waals surface area contributed by atoms with Crippen molar-refractivity contribution < 1.29 is 4.79 Å². The molecule has 1 aromatic heterocycles. The number of carbonyl (C=O) groups excluding carboxylic acids is 1. The fraction of sp³-hybridized carbons (Fsp3) is 0. The first-order valence-corrected chi connectivity index (χ1v) is 7.36. The zero-order chi connectivity index (χ0) is 14.7. The Morgan fingerprint density at radius 3 is 2.86 bits per heavy atom. The van der Waals surface area contributed by atoms with E-state index in [0.29, 0.717) is 20.8 Å². The molecule has 1 amide bonds. The Kier molecular flexibility index (Phi) is 4.03. The molecule has 0 saturated carbocycles. The summed E-state index contributed by atoms with van der Waals surface area (Å²) in [6, 6.07) is 11.0. The molecule has 1 saturated heterocycles. The van der Waals surface area contributed by atoms with Crippen molar-refractivity contribution in [1.29, 1.82) is 0 Å². The molecule has 0 bridgehead atoms. The fourth-order valence-corrected chi connectivity index (χ4v) is 2.77. The van der Waals surface area contributed by atoms with Gasteiger partial charge in [0.2, 0.25) is 0 Å². The zero-order valence-corrected chi connectivity index (χ0v) is 12.4. The van der Waals surface area contributed by atoms with E-state index in [9.17, 15) is 4.79 Å². The van der Waals surface area contributed by atoms with E-state index in [4.69, 9.17) is 11.6 Å². The maximum Gasteiger partial charge on any atom is 0.264 e. The highest BCUT2D eigenvalue weighted by atomic mass is 35.5. The summed E-state index contributed by atoms with van der Waals surface area (Å²) in [5.74, 6) is -0.178. The second kappa shape index (κ2) is 6.11. The first-order valence-electron chi connectivity index (χ1n) is 6.16. The van der Waals surface area contributed by atoms with Crippen molar-refractivity contribution in [3.63, 3.8) is 0 Å². The number of hydrogen-bond acceptors (Lipinski definition) is 4. The van der Waals surface area contributed by atoms with Gasteiger partial charge >= 0.3 is 0 Å². The topological polar surface area (TPSA) is 54.4 Å². The number of aliphatic imine (C=N–C) groups is 1. The highest BCUT2D eigenvalue weighted by molar-refractivity contribution is 8.18. The molecule has 1 aliphatic heterocycles. The summed E-state index contributed by atoms with van der Waals surface area (Å²) in [6.07, 6.45) is 5.07. The summed E-state index contributed by atoms with van der Waals surface area (Å²) in [4.78, 5) is 20.8. The van der Waals surface area contributed by atoms with Gasteiger partial charge in [-0.2, -0.15) is 0 Å². The summed E-state index contributed by atoms with van der Waals surface area (Å²) in [5, 5.41) is 3.87. The number of hydrogen-bond donors (Lipinski definition) is 1. The number of thioether (sulfide) groups is 1. The van der Waals surface area contributed by atoms with E-state index in [1.807, 2.05) is 24.3 Å². The van der Waals surface area contributed by atoms with Crippen LogP contribution in [0.5, 0.6) is 0 Å². The van der Waals surface area contributed by atoms with Crippen LogP contribution in [0.15, 0.2) is 58.7 Å². The molecule has 2 heterocycles. The van der Waals surface area contributed by atoms with Gasteiger partial charge in [0.1, 0.15) is 0 Å². The quantitative estimate of drug-likeness (QED) is 0.861. The van der Waals surface area contributed by atoms with Crippen molar-refractivity contribution in [2.24, 2.45) is 4.99 Å². The Bertz CT molecular complexity index is 744. The van der Waals surface area contributed by atoms with E-state index in [1.54, 1.807) is 30.6 Å². The number of halogens is 1. The average Bonchev–Trinajstić information content (AvgIpc) is 2.82. The van der Waals surface area contributed by atoms with Gasteiger partial charge < -0.3 is 5.32 Å². The average molecular weight is 316 g/mol. The monoisotopic (exact) mass is 315 g/mol. The van der Waals surface area contributed by atoms with Crippen molar-refractivity contribution in [3.8, 4) is 0 Å². The minimum atomic E-state index is -0.178. The van der Waals surface area contributed by atoms with E-state index in [-0.39, 0.29) is 5.91 Å². The van der Waals surface area contributed by atoms with Gasteiger partial charge in [-0.15, -0.1) is 0 Å². The minimum absolute atomic E-state index is 0.178. The molecule has 0 aliphatic carbocycles. The van der Waals surface area contributed by atoms with E-state index in [1.165, 1.54) is 11.8 Å². The maximum atomic E-state index is 12.0. The van der Waals surface area contributed by atoms with Crippen LogP contribution in [0.25, 0.3) is 6.08 Å². The van der Waals surface area contributed by atoms with Gasteiger partial charge in [0.05, 0.1) is 16.8 Å². The molecule has 0 radical (unpaired) electrons. The number of amides is 1. The Hall–Kier alpha value is -2.11. The van der Waals surface area contributed by atoms with Crippen molar-refractivity contribution in [2.45, 2.75) is 0 Å². The Morgan fingerprint density at radius 1 is 1.24 bits per heavy atom. The van der Waals surface area contributed by atoms with Crippen LogP contribution >= 0.6 is 23.4 Å². The summed E-state index contributed by atoms with van der Waals surface area (Å²) in [7, 11) is 0. The molecule has 2 aromatic rings. The lowest BCUT2D eigenvalue weighted by molar-refractivity contribution is -0.115. The third kappa shape index (κ3) is 3.32. The van der Waals surface area contributed by atoms with E-state index in [0.717, 1.165) is 5.56 Å². The molecule has 3 rings (SSSR count). The summed E-state index contributed by atoms with van der Waals surface area (Å²) >= 11 is 7.37. The van der Waals surface area contributed by atoms with E-state index in [2.05, 4.69) is 15.3 Å². The molecule has 21 heavy (non-hydrogen) atoms.